The van der Waals surface area contributed by atoms with Crippen LogP contribution in [0, 0.1) is 5.41 Å². The van der Waals surface area contributed by atoms with Gasteiger partial charge in [0.05, 0.1) is 11.9 Å². The van der Waals surface area contributed by atoms with Crippen LogP contribution in [0.3, 0.4) is 0 Å². The minimum absolute atomic E-state index is 0.109. The van der Waals surface area contributed by atoms with Crippen LogP contribution in [0.2, 0.25) is 0 Å². The molecule has 2 N–H and O–H groups in total. The summed E-state index contributed by atoms with van der Waals surface area (Å²) >= 11 is 0. The molecule has 10 heteroatoms. The van der Waals surface area contributed by atoms with Crippen molar-refractivity contribution < 1.29 is 22.7 Å². The molecule has 172 valence electrons. The molecule has 3 rings (SSSR count). The number of carbonyl (C=O) groups is 1. The first-order valence-corrected chi connectivity index (χ1v) is 10.1. The largest absolute Gasteiger partial charge is 0.573 e. The molecular formula is C22H26F3N5O2. The van der Waals surface area contributed by atoms with E-state index < -0.39 is 6.36 Å². The lowest BCUT2D eigenvalue weighted by Crippen LogP contribution is -2.50. The van der Waals surface area contributed by atoms with Crippen molar-refractivity contribution in [3.05, 3.63) is 66.1 Å². The lowest BCUT2D eigenvalue weighted by molar-refractivity contribution is -0.274. The van der Waals surface area contributed by atoms with Gasteiger partial charge in [-0.2, -0.15) is 0 Å². The maximum Gasteiger partial charge on any atom is 0.573 e. The molecule has 0 aliphatic carbocycles. The third kappa shape index (κ3) is 6.88. The Morgan fingerprint density at radius 1 is 1.09 bits per heavy atom. The Balaban J connectivity index is 1.69. The van der Waals surface area contributed by atoms with Crippen molar-refractivity contribution in [1.29, 1.82) is 0 Å². The summed E-state index contributed by atoms with van der Waals surface area (Å²) < 4.78 is 40.9. The number of urea groups is 1. The van der Waals surface area contributed by atoms with Gasteiger partial charge in [-0.05, 0) is 53.8 Å². The molecule has 0 atom stereocenters. The van der Waals surface area contributed by atoms with E-state index in [1.165, 1.54) is 29.3 Å². The van der Waals surface area contributed by atoms with Crippen molar-refractivity contribution in [2.24, 2.45) is 5.41 Å². The maximum atomic E-state index is 13.2. The normalized spacial score (nSPS) is 14.1. The number of aromatic nitrogens is 1. The number of nitrogens with zero attached hydrogens (tertiary/aromatic N) is 3. The third-order valence-electron chi connectivity index (χ3n) is 4.53. The van der Waals surface area contributed by atoms with Crippen LogP contribution in [-0.2, 0) is 6.42 Å². The zero-order valence-corrected chi connectivity index (χ0v) is 18.1. The van der Waals surface area contributed by atoms with Gasteiger partial charge in [-0.25, -0.2) is 9.80 Å². The van der Waals surface area contributed by atoms with E-state index in [-0.39, 0.29) is 17.2 Å². The summed E-state index contributed by atoms with van der Waals surface area (Å²) in [6.07, 6.45) is 0.950. The molecule has 0 spiro atoms. The Bertz CT molecular complexity index is 941. The lowest BCUT2D eigenvalue weighted by atomic mass is 9.96. The minimum Gasteiger partial charge on any atom is -0.406 e. The molecule has 0 radical (unpaired) electrons. The smallest absolute Gasteiger partial charge is 0.406 e. The van der Waals surface area contributed by atoms with Gasteiger partial charge in [0.1, 0.15) is 5.75 Å². The molecule has 1 aromatic carbocycles. The molecule has 0 saturated heterocycles. The van der Waals surface area contributed by atoms with Crippen molar-refractivity contribution in [3.8, 4) is 5.75 Å². The fourth-order valence-corrected chi connectivity index (χ4v) is 3.18. The van der Waals surface area contributed by atoms with Gasteiger partial charge < -0.3 is 15.1 Å². The van der Waals surface area contributed by atoms with Gasteiger partial charge in [0.25, 0.3) is 0 Å². The Hall–Kier alpha value is -3.27. The van der Waals surface area contributed by atoms with E-state index in [4.69, 9.17) is 0 Å². The molecule has 1 aliphatic heterocycles. The highest BCUT2D eigenvalue weighted by Crippen LogP contribution is 2.25. The number of benzene rings is 1. The number of pyridine rings is 1. The van der Waals surface area contributed by atoms with Gasteiger partial charge in [0, 0.05) is 31.0 Å². The average Bonchev–Trinajstić information content (AvgIpc) is 3.20. The number of hydrazine groups is 2. The number of rotatable bonds is 6. The first kappa shape index (κ1) is 23.4. The summed E-state index contributed by atoms with van der Waals surface area (Å²) in [4.78, 5) is 18.9. The number of nitrogens with one attached hydrogen (secondary N) is 2. The Morgan fingerprint density at radius 3 is 2.34 bits per heavy atom. The second kappa shape index (κ2) is 9.47. The van der Waals surface area contributed by atoms with Crippen molar-refractivity contribution in [2.45, 2.75) is 33.6 Å². The standard InChI is InChI=1S/C22H26F3N5O2/c1-21(2,3)15-29(13-10-16-8-11-26-12-9-16)20(31)30-14-19(27-28-30)17-4-6-18(7-5-17)32-22(23,24)25/h4-9,11-12,14,27-28H,10,13,15H2,1-3H3. The summed E-state index contributed by atoms with van der Waals surface area (Å²) in [5.41, 5.74) is 7.79. The number of ether oxygens (including phenoxy) is 1. The summed E-state index contributed by atoms with van der Waals surface area (Å²) in [5, 5.41) is 1.33. The fourth-order valence-electron chi connectivity index (χ4n) is 3.18. The van der Waals surface area contributed by atoms with Crippen LogP contribution in [0.25, 0.3) is 5.70 Å². The molecule has 0 bridgehead atoms. The Kier molecular flexibility index (Phi) is 6.93. The van der Waals surface area contributed by atoms with E-state index >= 15 is 0 Å². The van der Waals surface area contributed by atoms with E-state index in [0.29, 0.717) is 30.8 Å². The SMILES string of the molecule is CC(C)(C)CN(CCc1ccncc1)C(=O)N1C=C(c2ccc(OC(F)(F)F)cc2)NN1. The number of hydrogen-bond acceptors (Lipinski definition) is 5. The predicted octanol–water partition coefficient (Wildman–Crippen LogP) is 4.31. The monoisotopic (exact) mass is 449 g/mol. The first-order valence-electron chi connectivity index (χ1n) is 10.1. The van der Waals surface area contributed by atoms with Crippen LogP contribution in [0.15, 0.2) is 55.0 Å². The second-order valence-electron chi connectivity index (χ2n) is 8.59. The van der Waals surface area contributed by atoms with Crippen LogP contribution < -0.4 is 15.7 Å². The molecule has 2 amide bonds. The first-order chi connectivity index (χ1) is 15.0. The van der Waals surface area contributed by atoms with E-state index in [1.807, 2.05) is 12.1 Å². The van der Waals surface area contributed by atoms with Crippen LogP contribution in [0.5, 0.6) is 5.75 Å². The molecule has 2 heterocycles. The topological polar surface area (TPSA) is 69.7 Å². The summed E-state index contributed by atoms with van der Waals surface area (Å²) in [6, 6.07) is 8.98. The van der Waals surface area contributed by atoms with Gasteiger partial charge in [-0.1, -0.05) is 20.8 Å². The van der Waals surface area contributed by atoms with E-state index in [9.17, 15) is 18.0 Å². The number of hydrogen-bond donors (Lipinski definition) is 2. The zero-order chi connectivity index (χ0) is 23.4. The van der Waals surface area contributed by atoms with E-state index in [1.54, 1.807) is 23.5 Å². The van der Waals surface area contributed by atoms with Crippen molar-refractivity contribution in [1.82, 2.24) is 25.9 Å². The Labute approximate surface area is 184 Å². The Morgan fingerprint density at radius 2 is 1.75 bits per heavy atom. The highest BCUT2D eigenvalue weighted by molar-refractivity contribution is 5.79. The van der Waals surface area contributed by atoms with E-state index in [2.05, 4.69) is 41.5 Å². The third-order valence-corrected chi connectivity index (χ3v) is 4.53. The highest BCUT2D eigenvalue weighted by atomic mass is 19.4. The van der Waals surface area contributed by atoms with Crippen LogP contribution >= 0.6 is 0 Å². The molecule has 0 unspecified atom stereocenters. The minimum atomic E-state index is -4.75. The molecule has 7 nitrogen and oxygen atoms in total. The van der Waals surface area contributed by atoms with Crippen LogP contribution in [0.1, 0.15) is 31.9 Å². The summed E-state index contributed by atoms with van der Waals surface area (Å²) in [5.74, 6) is -0.312. The van der Waals surface area contributed by atoms with Gasteiger partial charge >= 0.3 is 12.4 Å². The maximum absolute atomic E-state index is 13.2. The lowest BCUT2D eigenvalue weighted by Gasteiger charge is -2.32. The average molecular weight is 449 g/mol. The number of alkyl halides is 3. The van der Waals surface area contributed by atoms with E-state index in [0.717, 1.165) is 5.56 Å². The van der Waals surface area contributed by atoms with Crippen molar-refractivity contribution in [3.63, 3.8) is 0 Å². The molecular weight excluding hydrogens is 423 g/mol. The predicted molar refractivity (Wildman–Crippen MR) is 114 cm³/mol. The molecule has 32 heavy (non-hydrogen) atoms. The van der Waals surface area contributed by atoms with Gasteiger partial charge in [0.2, 0.25) is 0 Å². The molecule has 2 aromatic rings. The highest BCUT2D eigenvalue weighted by Gasteiger charge is 2.31. The number of amides is 2. The molecule has 1 aromatic heterocycles. The quantitative estimate of drug-likeness (QED) is 0.688. The number of carbonyl (C=O) groups excluding carboxylic acids is 1. The van der Waals surface area contributed by atoms with Crippen molar-refractivity contribution in [2.75, 3.05) is 13.1 Å². The van der Waals surface area contributed by atoms with Gasteiger partial charge in [-0.15, -0.1) is 18.7 Å². The zero-order valence-electron chi connectivity index (χ0n) is 18.1. The molecule has 1 aliphatic rings. The fraction of sp³-hybridized carbons (Fsp3) is 0.364. The second-order valence-corrected chi connectivity index (χ2v) is 8.59. The van der Waals surface area contributed by atoms with Crippen LogP contribution in [-0.4, -0.2) is 40.4 Å². The van der Waals surface area contributed by atoms with Crippen LogP contribution in [0.4, 0.5) is 18.0 Å². The van der Waals surface area contributed by atoms with Gasteiger partial charge in [0.15, 0.2) is 0 Å². The summed E-state index contributed by atoms with van der Waals surface area (Å²) in [6.45, 7) is 7.23. The van der Waals surface area contributed by atoms with Gasteiger partial charge in [-0.3, -0.25) is 4.98 Å². The molecule has 0 fully saturated rings. The molecule has 0 saturated carbocycles. The summed E-state index contributed by atoms with van der Waals surface area (Å²) in [7, 11) is 0. The number of halogens is 3. The van der Waals surface area contributed by atoms with Crippen molar-refractivity contribution >= 4 is 11.7 Å².